The van der Waals surface area contributed by atoms with E-state index in [-0.39, 0.29) is 28.9 Å². The molecule has 47 heavy (non-hydrogen) atoms. The highest BCUT2D eigenvalue weighted by atomic mass is 32.2. The Hall–Kier alpha value is -4.55. The summed E-state index contributed by atoms with van der Waals surface area (Å²) in [6.45, 7) is 8.10. The Labute approximate surface area is 274 Å². The standard InChI is InChI=1S/C35H39FN4O6S/c1-35(2,3)45-34(42)38(4)31(33(41)40-21-19-39(20-22-40)24-26-9-13-28(36)14-10-26)23-25-11-15-29(16-12-25)46-47(43,44)32-30-8-6-5-7-27(30)17-18-37-32/h5-18,31H,19-24H2,1-4H3/t31-/m0/s1. The maximum atomic E-state index is 13.9. The van der Waals surface area contributed by atoms with E-state index in [0.29, 0.717) is 43.7 Å². The van der Waals surface area contributed by atoms with Crippen molar-refractivity contribution in [3.05, 3.63) is 102 Å². The normalized spacial score (nSPS) is 14.9. The van der Waals surface area contributed by atoms with Crippen LogP contribution in [-0.2, 0) is 32.6 Å². The molecular weight excluding hydrogens is 623 g/mol. The first-order valence-electron chi connectivity index (χ1n) is 15.4. The summed E-state index contributed by atoms with van der Waals surface area (Å²) in [6.07, 6.45) is 0.965. The van der Waals surface area contributed by atoms with E-state index < -0.39 is 27.9 Å². The minimum atomic E-state index is -4.23. The fourth-order valence-electron chi connectivity index (χ4n) is 5.40. The van der Waals surface area contributed by atoms with Crippen molar-refractivity contribution in [2.75, 3.05) is 33.2 Å². The highest BCUT2D eigenvalue weighted by Gasteiger charge is 2.34. The number of carbonyl (C=O) groups excluding carboxylic acids is 2. The second-order valence-corrected chi connectivity index (χ2v) is 14.0. The SMILES string of the molecule is CN(C(=O)OC(C)(C)C)[C@@H](Cc1ccc(OS(=O)(=O)c2nccc3ccccc23)cc1)C(=O)N1CCN(Cc2ccc(F)cc2)CC1. The molecule has 1 saturated heterocycles. The molecule has 248 valence electrons. The van der Waals surface area contributed by atoms with Crippen LogP contribution in [0.4, 0.5) is 9.18 Å². The number of pyridine rings is 1. The molecule has 1 aliphatic heterocycles. The number of benzene rings is 3. The van der Waals surface area contributed by atoms with Gasteiger partial charge in [0, 0.05) is 57.8 Å². The summed E-state index contributed by atoms with van der Waals surface area (Å²) < 4.78 is 50.6. The Morgan fingerprint density at radius 1 is 0.915 bits per heavy atom. The van der Waals surface area contributed by atoms with Crippen molar-refractivity contribution in [1.82, 2.24) is 19.7 Å². The highest BCUT2D eigenvalue weighted by molar-refractivity contribution is 7.87. The van der Waals surface area contributed by atoms with Crippen molar-refractivity contribution in [2.24, 2.45) is 0 Å². The van der Waals surface area contributed by atoms with Gasteiger partial charge in [0.1, 0.15) is 23.2 Å². The summed E-state index contributed by atoms with van der Waals surface area (Å²) in [4.78, 5) is 36.4. The summed E-state index contributed by atoms with van der Waals surface area (Å²) in [6, 6.07) is 20.6. The number of halogens is 1. The number of rotatable bonds is 9. The Morgan fingerprint density at radius 3 is 2.21 bits per heavy atom. The van der Waals surface area contributed by atoms with Gasteiger partial charge in [0.05, 0.1) is 0 Å². The lowest BCUT2D eigenvalue weighted by Gasteiger charge is -2.38. The number of hydrogen-bond acceptors (Lipinski definition) is 8. The van der Waals surface area contributed by atoms with E-state index in [1.165, 1.54) is 35.4 Å². The first-order chi connectivity index (χ1) is 22.3. The Kier molecular flexibility index (Phi) is 10.1. The maximum Gasteiger partial charge on any atom is 0.410 e. The molecule has 0 N–H and O–H groups in total. The quantitative estimate of drug-likeness (QED) is 0.223. The van der Waals surface area contributed by atoms with Gasteiger partial charge >= 0.3 is 16.2 Å². The van der Waals surface area contributed by atoms with Gasteiger partial charge in [0.25, 0.3) is 0 Å². The van der Waals surface area contributed by atoms with Crippen LogP contribution in [0.5, 0.6) is 5.75 Å². The molecule has 0 radical (unpaired) electrons. The molecule has 5 rings (SSSR count). The van der Waals surface area contributed by atoms with Crippen molar-refractivity contribution >= 4 is 32.9 Å². The number of hydrogen-bond donors (Lipinski definition) is 0. The average molecular weight is 663 g/mol. The topological polar surface area (TPSA) is 109 Å². The number of amides is 2. The molecule has 0 saturated carbocycles. The zero-order chi connectivity index (χ0) is 33.8. The minimum absolute atomic E-state index is 0.0872. The van der Waals surface area contributed by atoms with E-state index in [4.69, 9.17) is 8.92 Å². The van der Waals surface area contributed by atoms with E-state index >= 15 is 0 Å². The van der Waals surface area contributed by atoms with Crippen LogP contribution in [0.1, 0.15) is 31.9 Å². The van der Waals surface area contributed by atoms with E-state index in [1.54, 1.807) is 81.2 Å². The van der Waals surface area contributed by atoms with E-state index in [1.807, 2.05) is 6.07 Å². The lowest BCUT2D eigenvalue weighted by Crippen LogP contribution is -2.56. The van der Waals surface area contributed by atoms with Gasteiger partial charge in [-0.3, -0.25) is 14.6 Å². The average Bonchev–Trinajstić information content (AvgIpc) is 3.04. The number of piperazine rings is 1. The van der Waals surface area contributed by atoms with Crippen LogP contribution in [0.15, 0.2) is 90.1 Å². The van der Waals surface area contributed by atoms with Gasteiger partial charge in [-0.15, -0.1) is 0 Å². The van der Waals surface area contributed by atoms with Crippen molar-refractivity contribution < 1.29 is 31.3 Å². The third-order valence-corrected chi connectivity index (χ3v) is 9.08. The van der Waals surface area contributed by atoms with Crippen molar-refractivity contribution in [3.8, 4) is 5.75 Å². The lowest BCUT2D eigenvalue weighted by atomic mass is 10.0. The summed E-state index contributed by atoms with van der Waals surface area (Å²) >= 11 is 0. The predicted octanol–water partition coefficient (Wildman–Crippen LogP) is 5.26. The molecule has 0 spiro atoms. The van der Waals surface area contributed by atoms with Gasteiger partial charge in [0.15, 0.2) is 0 Å². The number of ether oxygens (including phenoxy) is 1. The highest BCUT2D eigenvalue weighted by Crippen LogP contribution is 2.25. The molecule has 12 heteroatoms. The Bertz CT molecular complexity index is 1810. The van der Waals surface area contributed by atoms with Crippen LogP contribution in [-0.4, -0.2) is 85.0 Å². The fourth-order valence-corrected chi connectivity index (χ4v) is 6.49. The van der Waals surface area contributed by atoms with E-state index in [0.717, 1.165) is 10.9 Å². The molecule has 1 aliphatic rings. The molecule has 4 aromatic rings. The van der Waals surface area contributed by atoms with Gasteiger partial charge in [0.2, 0.25) is 10.9 Å². The summed E-state index contributed by atoms with van der Waals surface area (Å²) in [5.41, 5.74) is 0.929. The molecule has 1 aromatic heterocycles. The molecule has 0 aliphatic carbocycles. The summed E-state index contributed by atoms with van der Waals surface area (Å²) in [7, 11) is -2.69. The van der Waals surface area contributed by atoms with E-state index in [2.05, 4.69) is 9.88 Å². The van der Waals surface area contributed by atoms with Crippen molar-refractivity contribution in [3.63, 3.8) is 0 Å². The molecular formula is C35H39FN4O6S. The van der Waals surface area contributed by atoms with Gasteiger partial charge < -0.3 is 13.8 Å². The first kappa shape index (κ1) is 33.8. The smallest absolute Gasteiger partial charge is 0.410 e. The summed E-state index contributed by atoms with van der Waals surface area (Å²) in [5, 5.41) is 0.996. The third kappa shape index (κ3) is 8.63. The molecule has 1 atom stereocenters. The molecule has 0 unspecified atom stereocenters. The zero-order valence-corrected chi connectivity index (χ0v) is 27.7. The first-order valence-corrected chi connectivity index (χ1v) is 16.8. The van der Waals surface area contributed by atoms with E-state index in [9.17, 15) is 22.4 Å². The molecule has 2 heterocycles. The number of aromatic nitrogens is 1. The molecule has 0 bridgehead atoms. The van der Waals surface area contributed by atoms with Gasteiger partial charge in [-0.1, -0.05) is 48.5 Å². The second-order valence-electron chi connectivity index (χ2n) is 12.6. The van der Waals surface area contributed by atoms with Crippen LogP contribution >= 0.6 is 0 Å². The predicted molar refractivity (Wildman–Crippen MR) is 176 cm³/mol. The van der Waals surface area contributed by atoms with Crippen LogP contribution < -0.4 is 4.18 Å². The van der Waals surface area contributed by atoms with Crippen LogP contribution in [0.25, 0.3) is 10.8 Å². The van der Waals surface area contributed by atoms with Crippen molar-refractivity contribution in [2.45, 2.75) is 50.4 Å². The zero-order valence-electron chi connectivity index (χ0n) is 26.9. The largest absolute Gasteiger partial charge is 0.444 e. The van der Waals surface area contributed by atoms with Crippen LogP contribution in [0.2, 0.25) is 0 Å². The molecule has 1 fully saturated rings. The van der Waals surface area contributed by atoms with Gasteiger partial charge in [-0.05, 0) is 67.6 Å². The van der Waals surface area contributed by atoms with Crippen LogP contribution in [0.3, 0.4) is 0 Å². The second kappa shape index (κ2) is 14.1. The lowest BCUT2D eigenvalue weighted by molar-refractivity contribution is -0.138. The monoisotopic (exact) mass is 662 g/mol. The number of likely N-dealkylation sites (N-methyl/N-ethyl adjacent to an activating group) is 1. The van der Waals surface area contributed by atoms with Gasteiger partial charge in [-0.2, -0.15) is 8.42 Å². The third-order valence-electron chi connectivity index (χ3n) is 7.87. The summed E-state index contributed by atoms with van der Waals surface area (Å²) in [5.74, 6) is -0.413. The number of fused-ring (bicyclic) bond motifs is 1. The maximum absolute atomic E-state index is 13.9. The molecule has 3 aromatic carbocycles. The minimum Gasteiger partial charge on any atom is -0.444 e. The van der Waals surface area contributed by atoms with Gasteiger partial charge in [-0.25, -0.2) is 14.2 Å². The number of nitrogens with zero attached hydrogens (tertiary/aromatic N) is 4. The van der Waals surface area contributed by atoms with Crippen molar-refractivity contribution in [1.29, 1.82) is 0 Å². The molecule has 2 amide bonds. The Balaban J connectivity index is 1.29. The van der Waals surface area contributed by atoms with Crippen LogP contribution in [0, 0.1) is 5.82 Å². The fraction of sp³-hybridized carbons (Fsp3) is 0.343. The number of carbonyl (C=O) groups is 2. The Morgan fingerprint density at radius 2 is 1.55 bits per heavy atom. The molecule has 10 nitrogen and oxygen atoms in total.